The first-order valence-electron chi connectivity index (χ1n) is 7.60. The zero-order valence-electron chi connectivity index (χ0n) is 12.3. The van der Waals surface area contributed by atoms with E-state index in [1.165, 1.54) is 57.1 Å². The maximum Gasteiger partial charge on any atom is 0.294 e. The molecule has 4 heteroatoms. The van der Waals surface area contributed by atoms with Crippen LogP contribution in [0, 0.1) is 0 Å². The average Bonchev–Trinajstić information content (AvgIpc) is 2.41. The van der Waals surface area contributed by atoms with E-state index in [9.17, 15) is 8.42 Å². The van der Waals surface area contributed by atoms with Gasteiger partial charge in [0.25, 0.3) is 10.1 Å². The Balaban J connectivity index is 2.16. The molecule has 0 bridgehead atoms. The summed E-state index contributed by atoms with van der Waals surface area (Å²) in [6.07, 6.45) is 11.3. The maximum absolute atomic E-state index is 10.9. The lowest BCUT2D eigenvalue weighted by Crippen LogP contribution is -1.98. The Labute approximate surface area is 123 Å². The molecule has 1 aromatic carbocycles. The predicted molar refractivity (Wildman–Crippen MR) is 82.6 cm³/mol. The largest absolute Gasteiger partial charge is 0.294 e. The number of benzene rings is 1. The van der Waals surface area contributed by atoms with Crippen LogP contribution in [-0.4, -0.2) is 13.0 Å². The molecule has 0 saturated carbocycles. The van der Waals surface area contributed by atoms with Gasteiger partial charge in [0.1, 0.15) is 0 Å². The Bertz CT molecular complexity index is 463. The molecule has 0 aliphatic rings. The highest BCUT2D eigenvalue weighted by molar-refractivity contribution is 7.85. The van der Waals surface area contributed by atoms with Crippen molar-refractivity contribution in [2.75, 3.05) is 0 Å². The van der Waals surface area contributed by atoms with E-state index in [1.807, 2.05) is 0 Å². The predicted octanol–water partition coefficient (Wildman–Crippen LogP) is 4.62. The Morgan fingerprint density at radius 3 is 1.85 bits per heavy atom. The summed E-state index contributed by atoms with van der Waals surface area (Å²) in [5.74, 6) is 0. The molecule has 0 fully saturated rings. The third-order valence-corrected chi connectivity index (χ3v) is 4.41. The van der Waals surface area contributed by atoms with Gasteiger partial charge in [-0.25, -0.2) is 0 Å². The second-order valence-corrected chi connectivity index (χ2v) is 6.77. The van der Waals surface area contributed by atoms with Crippen LogP contribution in [0.3, 0.4) is 0 Å². The van der Waals surface area contributed by atoms with E-state index in [1.54, 1.807) is 12.1 Å². The molecular formula is C16H26O3S. The van der Waals surface area contributed by atoms with Crippen molar-refractivity contribution in [3.63, 3.8) is 0 Å². The van der Waals surface area contributed by atoms with Gasteiger partial charge >= 0.3 is 0 Å². The van der Waals surface area contributed by atoms with Crippen LogP contribution in [0.5, 0.6) is 0 Å². The van der Waals surface area contributed by atoms with Crippen LogP contribution < -0.4 is 0 Å². The highest BCUT2D eigenvalue weighted by atomic mass is 32.2. The third-order valence-electron chi connectivity index (χ3n) is 3.54. The van der Waals surface area contributed by atoms with E-state index in [-0.39, 0.29) is 4.90 Å². The van der Waals surface area contributed by atoms with Gasteiger partial charge < -0.3 is 0 Å². The number of aryl methyl sites for hydroxylation is 1. The number of rotatable bonds is 10. The summed E-state index contributed by atoms with van der Waals surface area (Å²) in [7, 11) is -4.06. The fraction of sp³-hybridized carbons (Fsp3) is 0.625. The minimum atomic E-state index is -4.06. The Hall–Kier alpha value is -0.870. The Kier molecular flexibility index (Phi) is 7.85. The molecule has 0 aliphatic carbocycles. The Morgan fingerprint density at radius 2 is 1.35 bits per heavy atom. The first-order valence-corrected chi connectivity index (χ1v) is 9.04. The van der Waals surface area contributed by atoms with E-state index in [2.05, 4.69) is 6.92 Å². The van der Waals surface area contributed by atoms with Crippen molar-refractivity contribution in [3.05, 3.63) is 29.8 Å². The molecule has 1 N–H and O–H groups in total. The number of hydrogen-bond acceptors (Lipinski definition) is 2. The van der Waals surface area contributed by atoms with E-state index in [0.29, 0.717) is 0 Å². The fourth-order valence-electron chi connectivity index (χ4n) is 2.29. The normalized spacial score (nSPS) is 11.7. The topological polar surface area (TPSA) is 54.4 Å². The Morgan fingerprint density at radius 1 is 0.850 bits per heavy atom. The molecule has 0 atom stereocenters. The smallest absolute Gasteiger partial charge is 0.282 e. The summed E-state index contributed by atoms with van der Waals surface area (Å²) in [6.45, 7) is 2.23. The summed E-state index contributed by atoms with van der Waals surface area (Å²) >= 11 is 0. The minimum absolute atomic E-state index is 0.0304. The molecule has 0 saturated heterocycles. The lowest BCUT2D eigenvalue weighted by molar-refractivity contribution is 0.483. The minimum Gasteiger partial charge on any atom is -0.282 e. The first kappa shape index (κ1) is 17.2. The van der Waals surface area contributed by atoms with Gasteiger partial charge in [-0.1, -0.05) is 64.0 Å². The molecule has 0 heterocycles. The van der Waals surface area contributed by atoms with Gasteiger partial charge in [-0.15, -0.1) is 0 Å². The SMILES string of the molecule is CCCCCCCCCCc1ccc(S(=O)(=O)O)cc1. The fourth-order valence-corrected chi connectivity index (χ4v) is 2.77. The summed E-state index contributed by atoms with van der Waals surface area (Å²) in [6, 6.07) is 6.50. The second-order valence-electron chi connectivity index (χ2n) is 5.34. The van der Waals surface area contributed by atoms with E-state index >= 15 is 0 Å². The zero-order chi connectivity index (χ0) is 14.8. The van der Waals surface area contributed by atoms with Crippen LogP contribution in [-0.2, 0) is 16.5 Å². The molecule has 0 aliphatic heterocycles. The monoisotopic (exact) mass is 298 g/mol. The van der Waals surface area contributed by atoms with Gasteiger partial charge in [0.2, 0.25) is 0 Å². The van der Waals surface area contributed by atoms with Crippen LogP contribution in [0.4, 0.5) is 0 Å². The molecule has 0 unspecified atom stereocenters. The van der Waals surface area contributed by atoms with Crippen molar-refractivity contribution in [1.29, 1.82) is 0 Å². The third kappa shape index (κ3) is 7.06. The maximum atomic E-state index is 10.9. The van der Waals surface area contributed by atoms with Crippen LogP contribution in [0.1, 0.15) is 63.9 Å². The van der Waals surface area contributed by atoms with E-state index < -0.39 is 10.1 Å². The number of hydrogen-bond donors (Lipinski definition) is 1. The zero-order valence-corrected chi connectivity index (χ0v) is 13.2. The van der Waals surface area contributed by atoms with Crippen molar-refractivity contribution in [2.24, 2.45) is 0 Å². The lowest BCUT2D eigenvalue weighted by Gasteiger charge is -2.03. The van der Waals surface area contributed by atoms with Crippen LogP contribution in [0.25, 0.3) is 0 Å². The molecule has 1 rings (SSSR count). The first-order chi connectivity index (χ1) is 9.54. The molecule has 0 radical (unpaired) electrons. The molecular weight excluding hydrogens is 272 g/mol. The lowest BCUT2D eigenvalue weighted by atomic mass is 10.0. The molecule has 1 aromatic rings. The van der Waals surface area contributed by atoms with Gasteiger partial charge in [0.15, 0.2) is 0 Å². The molecule has 114 valence electrons. The quantitative estimate of drug-likeness (QED) is 0.506. The van der Waals surface area contributed by atoms with Gasteiger partial charge in [-0.3, -0.25) is 4.55 Å². The van der Waals surface area contributed by atoms with Crippen molar-refractivity contribution in [1.82, 2.24) is 0 Å². The van der Waals surface area contributed by atoms with Gasteiger partial charge in [0, 0.05) is 0 Å². The van der Waals surface area contributed by atoms with Crippen molar-refractivity contribution in [2.45, 2.75) is 69.6 Å². The standard InChI is InChI=1S/C16H26O3S/c1-2-3-4-5-6-7-8-9-10-15-11-13-16(14-12-15)20(17,18)19/h11-14H,2-10H2,1H3,(H,17,18,19). The number of unbranched alkanes of at least 4 members (excludes halogenated alkanes) is 7. The average molecular weight is 298 g/mol. The van der Waals surface area contributed by atoms with E-state index in [4.69, 9.17) is 4.55 Å². The molecule has 0 aromatic heterocycles. The summed E-state index contributed by atoms with van der Waals surface area (Å²) < 4.78 is 30.7. The van der Waals surface area contributed by atoms with Gasteiger partial charge in [-0.2, -0.15) is 8.42 Å². The van der Waals surface area contributed by atoms with Crippen LogP contribution in [0.2, 0.25) is 0 Å². The highest BCUT2D eigenvalue weighted by Crippen LogP contribution is 2.14. The second kappa shape index (κ2) is 9.14. The van der Waals surface area contributed by atoms with Crippen molar-refractivity contribution >= 4 is 10.1 Å². The molecule has 20 heavy (non-hydrogen) atoms. The van der Waals surface area contributed by atoms with Crippen molar-refractivity contribution in [3.8, 4) is 0 Å². The summed E-state index contributed by atoms with van der Waals surface area (Å²) in [4.78, 5) is -0.0304. The van der Waals surface area contributed by atoms with Crippen LogP contribution >= 0.6 is 0 Å². The van der Waals surface area contributed by atoms with Gasteiger partial charge in [-0.05, 0) is 30.5 Å². The molecule has 0 amide bonds. The van der Waals surface area contributed by atoms with Crippen LogP contribution in [0.15, 0.2) is 29.2 Å². The highest BCUT2D eigenvalue weighted by Gasteiger charge is 2.07. The molecule has 3 nitrogen and oxygen atoms in total. The van der Waals surface area contributed by atoms with E-state index in [0.717, 1.165) is 18.4 Å². The molecule has 0 spiro atoms. The van der Waals surface area contributed by atoms with Crippen molar-refractivity contribution < 1.29 is 13.0 Å². The summed E-state index contributed by atoms with van der Waals surface area (Å²) in [5.41, 5.74) is 1.13. The van der Waals surface area contributed by atoms with Gasteiger partial charge in [0.05, 0.1) is 4.90 Å². The summed E-state index contributed by atoms with van der Waals surface area (Å²) in [5, 5.41) is 0.